The van der Waals surface area contributed by atoms with Crippen molar-refractivity contribution in [2.24, 2.45) is 5.92 Å². The summed E-state index contributed by atoms with van der Waals surface area (Å²) in [7, 11) is 0. The smallest absolute Gasteiger partial charge is 0.137 e. The highest BCUT2D eigenvalue weighted by atomic mass is 35.5. The molecule has 0 heterocycles. The van der Waals surface area contributed by atoms with Crippen molar-refractivity contribution in [2.45, 2.75) is 33.1 Å². The first-order valence-corrected chi connectivity index (χ1v) is 6.24. The highest BCUT2D eigenvalue weighted by molar-refractivity contribution is 6.33. The molecule has 88 valence electrons. The van der Waals surface area contributed by atoms with Crippen LogP contribution in [0.15, 0.2) is 18.2 Å². The van der Waals surface area contributed by atoms with Crippen LogP contribution >= 0.6 is 23.2 Å². The molecule has 0 radical (unpaired) electrons. The van der Waals surface area contributed by atoms with Gasteiger partial charge in [-0.25, -0.2) is 0 Å². The number of ketones is 1. The summed E-state index contributed by atoms with van der Waals surface area (Å²) in [6.45, 7) is 4.17. The van der Waals surface area contributed by atoms with E-state index >= 15 is 0 Å². The topological polar surface area (TPSA) is 17.1 Å². The molecule has 1 atom stereocenters. The average molecular weight is 259 g/mol. The average Bonchev–Trinajstić information content (AvgIpc) is 2.23. The second-order valence-corrected chi connectivity index (χ2v) is 5.01. The van der Waals surface area contributed by atoms with Gasteiger partial charge in [-0.1, -0.05) is 43.5 Å². The lowest BCUT2D eigenvalue weighted by atomic mass is 9.98. The van der Waals surface area contributed by atoms with Crippen molar-refractivity contribution in [3.05, 3.63) is 33.8 Å². The van der Waals surface area contributed by atoms with Gasteiger partial charge in [0.15, 0.2) is 0 Å². The molecular weight excluding hydrogens is 243 g/mol. The highest BCUT2D eigenvalue weighted by Crippen LogP contribution is 2.22. The van der Waals surface area contributed by atoms with E-state index < -0.39 is 0 Å². The molecular formula is C13H16Cl2O. The molecule has 0 aliphatic rings. The molecule has 1 aromatic rings. The van der Waals surface area contributed by atoms with Gasteiger partial charge in [0.05, 0.1) is 0 Å². The van der Waals surface area contributed by atoms with E-state index in [2.05, 4.69) is 13.8 Å². The number of halogens is 2. The minimum atomic E-state index is 0.221. The van der Waals surface area contributed by atoms with E-state index in [-0.39, 0.29) is 5.78 Å². The standard InChI is InChI=1S/C13H16Cl2O/c1-3-9(2)6-12(16)8-10-7-11(14)4-5-13(10)15/h4-5,7,9H,3,6,8H2,1-2H3. The molecule has 0 N–H and O–H groups in total. The Morgan fingerprint density at radius 1 is 1.38 bits per heavy atom. The third-order valence-electron chi connectivity index (χ3n) is 2.67. The zero-order chi connectivity index (χ0) is 12.1. The van der Waals surface area contributed by atoms with Crippen molar-refractivity contribution in [1.29, 1.82) is 0 Å². The van der Waals surface area contributed by atoms with E-state index in [9.17, 15) is 4.79 Å². The minimum Gasteiger partial charge on any atom is -0.299 e. The van der Waals surface area contributed by atoms with Gasteiger partial charge in [0.25, 0.3) is 0 Å². The first kappa shape index (κ1) is 13.5. The van der Waals surface area contributed by atoms with Gasteiger partial charge in [0.1, 0.15) is 5.78 Å². The van der Waals surface area contributed by atoms with Crippen LogP contribution in [0.1, 0.15) is 32.3 Å². The third-order valence-corrected chi connectivity index (χ3v) is 3.27. The van der Waals surface area contributed by atoms with Crippen molar-refractivity contribution < 1.29 is 4.79 Å². The molecule has 0 amide bonds. The molecule has 1 unspecified atom stereocenters. The molecule has 1 nitrogen and oxygen atoms in total. The molecule has 0 bridgehead atoms. The Kier molecular flexibility index (Phi) is 5.30. The molecule has 3 heteroatoms. The van der Waals surface area contributed by atoms with Crippen LogP contribution in [-0.2, 0) is 11.2 Å². The fraction of sp³-hybridized carbons (Fsp3) is 0.462. The number of benzene rings is 1. The first-order valence-electron chi connectivity index (χ1n) is 5.48. The van der Waals surface area contributed by atoms with Crippen LogP contribution in [0, 0.1) is 5.92 Å². The highest BCUT2D eigenvalue weighted by Gasteiger charge is 2.10. The molecule has 0 aliphatic carbocycles. The number of carbonyl (C=O) groups excluding carboxylic acids is 1. The monoisotopic (exact) mass is 258 g/mol. The van der Waals surface area contributed by atoms with E-state index in [1.807, 2.05) is 0 Å². The van der Waals surface area contributed by atoms with Crippen LogP contribution < -0.4 is 0 Å². The SMILES string of the molecule is CCC(C)CC(=O)Cc1cc(Cl)ccc1Cl. The van der Waals surface area contributed by atoms with Gasteiger partial charge >= 0.3 is 0 Å². The molecule has 0 spiro atoms. The first-order chi connectivity index (χ1) is 7.52. The van der Waals surface area contributed by atoms with Gasteiger partial charge in [0.2, 0.25) is 0 Å². The summed E-state index contributed by atoms with van der Waals surface area (Å²) in [5.74, 6) is 0.656. The van der Waals surface area contributed by atoms with Gasteiger partial charge < -0.3 is 0 Å². The quantitative estimate of drug-likeness (QED) is 0.758. The van der Waals surface area contributed by atoms with Crippen molar-refractivity contribution in [3.8, 4) is 0 Å². The van der Waals surface area contributed by atoms with E-state index in [0.717, 1.165) is 12.0 Å². The Balaban J connectivity index is 2.65. The predicted octanol–water partition coefficient (Wildman–Crippen LogP) is 4.54. The zero-order valence-corrected chi connectivity index (χ0v) is 11.1. The van der Waals surface area contributed by atoms with Crippen molar-refractivity contribution in [3.63, 3.8) is 0 Å². The van der Waals surface area contributed by atoms with Gasteiger partial charge in [-0.15, -0.1) is 0 Å². The lowest BCUT2D eigenvalue weighted by molar-refractivity contribution is -0.119. The van der Waals surface area contributed by atoms with Crippen molar-refractivity contribution in [2.75, 3.05) is 0 Å². The number of Topliss-reactive ketones (excluding diaryl/α,β-unsaturated/α-hetero) is 1. The third kappa shape index (κ3) is 4.15. The van der Waals surface area contributed by atoms with Crippen molar-refractivity contribution in [1.82, 2.24) is 0 Å². The summed E-state index contributed by atoms with van der Waals surface area (Å²) in [4.78, 5) is 11.7. The molecule has 0 fully saturated rings. The predicted molar refractivity (Wildman–Crippen MR) is 69.2 cm³/mol. The Bertz CT molecular complexity index is 374. The Hall–Kier alpha value is -0.530. The van der Waals surface area contributed by atoms with Crippen LogP contribution in [0.5, 0.6) is 0 Å². The van der Waals surface area contributed by atoms with E-state index in [0.29, 0.717) is 28.8 Å². The lowest BCUT2D eigenvalue weighted by Gasteiger charge is -2.08. The van der Waals surface area contributed by atoms with Crippen LogP contribution in [0.25, 0.3) is 0 Å². The molecule has 1 rings (SSSR count). The normalized spacial score (nSPS) is 12.5. The van der Waals surface area contributed by atoms with Gasteiger partial charge in [-0.05, 0) is 29.7 Å². The van der Waals surface area contributed by atoms with E-state index in [1.54, 1.807) is 18.2 Å². The fourth-order valence-corrected chi connectivity index (χ4v) is 1.88. The summed E-state index contributed by atoms with van der Waals surface area (Å²) in [6, 6.07) is 5.22. The summed E-state index contributed by atoms with van der Waals surface area (Å²) in [5, 5.41) is 1.23. The largest absolute Gasteiger partial charge is 0.299 e. The molecule has 0 saturated carbocycles. The van der Waals surface area contributed by atoms with Gasteiger partial charge in [-0.3, -0.25) is 4.79 Å². The second kappa shape index (κ2) is 6.27. The summed E-state index contributed by atoms with van der Waals surface area (Å²) in [6.07, 6.45) is 2.01. The maximum atomic E-state index is 11.7. The van der Waals surface area contributed by atoms with Gasteiger partial charge in [0, 0.05) is 22.9 Å². The van der Waals surface area contributed by atoms with E-state index in [1.165, 1.54) is 0 Å². The summed E-state index contributed by atoms with van der Waals surface area (Å²) >= 11 is 11.9. The Morgan fingerprint density at radius 3 is 2.69 bits per heavy atom. The Morgan fingerprint density at radius 2 is 2.06 bits per heavy atom. The molecule has 16 heavy (non-hydrogen) atoms. The summed E-state index contributed by atoms with van der Waals surface area (Å²) < 4.78 is 0. The summed E-state index contributed by atoms with van der Waals surface area (Å²) in [5.41, 5.74) is 0.822. The van der Waals surface area contributed by atoms with Crippen molar-refractivity contribution >= 4 is 29.0 Å². The molecule has 0 aliphatic heterocycles. The minimum absolute atomic E-state index is 0.221. The van der Waals surface area contributed by atoms with Crippen LogP contribution in [0.4, 0.5) is 0 Å². The second-order valence-electron chi connectivity index (χ2n) is 4.17. The Labute approximate surface area is 107 Å². The lowest BCUT2D eigenvalue weighted by Crippen LogP contribution is -2.08. The maximum absolute atomic E-state index is 11.7. The molecule has 1 aromatic carbocycles. The molecule has 0 saturated heterocycles. The number of hydrogen-bond acceptors (Lipinski definition) is 1. The maximum Gasteiger partial charge on any atom is 0.137 e. The van der Waals surface area contributed by atoms with Crippen LogP contribution in [-0.4, -0.2) is 5.78 Å². The zero-order valence-electron chi connectivity index (χ0n) is 9.59. The van der Waals surface area contributed by atoms with Crippen LogP contribution in [0.3, 0.4) is 0 Å². The van der Waals surface area contributed by atoms with E-state index in [4.69, 9.17) is 23.2 Å². The fourth-order valence-electron chi connectivity index (χ4n) is 1.50. The van der Waals surface area contributed by atoms with Crippen LogP contribution in [0.2, 0.25) is 10.0 Å². The molecule has 0 aromatic heterocycles. The number of hydrogen-bond donors (Lipinski definition) is 0. The van der Waals surface area contributed by atoms with Gasteiger partial charge in [-0.2, -0.15) is 0 Å². The number of carbonyl (C=O) groups is 1. The number of rotatable bonds is 5.